The molecule has 1 unspecified atom stereocenters. The zero-order valence-electron chi connectivity index (χ0n) is 11.7. The highest BCUT2D eigenvalue weighted by molar-refractivity contribution is 5.87. The second-order valence-corrected chi connectivity index (χ2v) is 5.19. The number of rotatable bonds is 4. The Bertz CT molecular complexity index is 478. The first kappa shape index (κ1) is 16.3. The lowest BCUT2D eigenvalue weighted by Crippen LogP contribution is -2.45. The van der Waals surface area contributed by atoms with Gasteiger partial charge in [-0.1, -0.05) is 44.2 Å². The van der Waals surface area contributed by atoms with Crippen LogP contribution in [0, 0.1) is 0 Å². The van der Waals surface area contributed by atoms with Crippen LogP contribution < -0.4 is 5.32 Å². The van der Waals surface area contributed by atoms with Gasteiger partial charge in [0.05, 0.1) is 0 Å². The number of halogens is 3. The first-order valence-electron chi connectivity index (χ1n) is 6.25. The van der Waals surface area contributed by atoms with E-state index in [1.54, 1.807) is 6.92 Å². The van der Waals surface area contributed by atoms with Crippen molar-refractivity contribution < 1.29 is 18.0 Å². The lowest BCUT2D eigenvalue weighted by molar-refractivity contribution is -0.118. The van der Waals surface area contributed by atoms with E-state index in [1.165, 1.54) is 0 Å². The van der Waals surface area contributed by atoms with Gasteiger partial charge in [-0.3, -0.25) is 4.79 Å². The first-order chi connectivity index (χ1) is 9.13. The summed E-state index contributed by atoms with van der Waals surface area (Å²) in [6.07, 6.45) is -4.03. The molecule has 1 N–H and O–H groups in total. The van der Waals surface area contributed by atoms with Gasteiger partial charge in [0.2, 0.25) is 5.91 Å². The van der Waals surface area contributed by atoms with Crippen LogP contribution in [0.4, 0.5) is 13.2 Å². The molecule has 0 aromatic heterocycles. The molecule has 0 aliphatic heterocycles. The fourth-order valence-electron chi connectivity index (χ4n) is 1.73. The van der Waals surface area contributed by atoms with Crippen molar-refractivity contribution in [3.63, 3.8) is 0 Å². The Morgan fingerprint density at radius 3 is 2.25 bits per heavy atom. The number of allylic oxidation sites excluding steroid dienone is 1. The number of nitrogens with one attached hydrogen (secondary N) is 1. The van der Waals surface area contributed by atoms with Crippen molar-refractivity contribution in [3.8, 4) is 0 Å². The molecule has 0 saturated carbocycles. The first-order valence-corrected chi connectivity index (χ1v) is 6.25. The Kier molecular flexibility index (Phi) is 4.98. The molecule has 1 aromatic carbocycles. The summed E-state index contributed by atoms with van der Waals surface area (Å²) in [7, 11) is 0. The van der Waals surface area contributed by atoms with Gasteiger partial charge in [0.25, 0.3) is 0 Å². The van der Waals surface area contributed by atoms with Crippen LogP contribution >= 0.6 is 0 Å². The summed E-state index contributed by atoms with van der Waals surface area (Å²) in [4.78, 5) is 11.5. The third kappa shape index (κ3) is 4.72. The second kappa shape index (κ2) is 6.11. The van der Waals surface area contributed by atoms with E-state index in [9.17, 15) is 18.0 Å². The molecule has 1 aromatic rings. The van der Waals surface area contributed by atoms with Gasteiger partial charge >= 0.3 is 6.18 Å². The molecule has 0 saturated heterocycles. The maximum absolute atomic E-state index is 12.0. The maximum Gasteiger partial charge on any atom is 0.409 e. The van der Waals surface area contributed by atoms with Gasteiger partial charge in [-0.25, -0.2) is 0 Å². The summed E-state index contributed by atoms with van der Waals surface area (Å²) in [5.74, 6) is -0.751. The number of hydrogen-bond donors (Lipinski definition) is 1. The molecule has 1 atom stereocenters. The zero-order valence-corrected chi connectivity index (χ0v) is 11.7. The topological polar surface area (TPSA) is 29.1 Å². The molecule has 0 spiro atoms. The third-order valence-corrected chi connectivity index (χ3v) is 3.38. The molecule has 1 amide bonds. The fourth-order valence-corrected chi connectivity index (χ4v) is 1.73. The molecule has 5 heteroatoms. The normalized spacial score (nSPS) is 14.3. The molecule has 0 bridgehead atoms. The average molecular weight is 285 g/mol. The quantitative estimate of drug-likeness (QED) is 0.842. The van der Waals surface area contributed by atoms with E-state index in [1.807, 2.05) is 44.2 Å². The Balaban J connectivity index is 2.73. The largest absolute Gasteiger partial charge is 0.409 e. The number of alkyl halides is 3. The third-order valence-electron chi connectivity index (χ3n) is 3.38. The Hall–Kier alpha value is -1.78. The van der Waals surface area contributed by atoms with Gasteiger partial charge in [-0.15, -0.1) is 0 Å². The Labute approximate surface area is 116 Å². The number of benzene rings is 1. The van der Waals surface area contributed by atoms with Crippen LogP contribution in [0.25, 0.3) is 0 Å². The monoisotopic (exact) mass is 285 g/mol. The van der Waals surface area contributed by atoms with Crippen LogP contribution in [0.5, 0.6) is 0 Å². The van der Waals surface area contributed by atoms with Gasteiger partial charge < -0.3 is 5.32 Å². The van der Waals surface area contributed by atoms with Gasteiger partial charge in [0, 0.05) is 23.6 Å². The van der Waals surface area contributed by atoms with Crippen molar-refractivity contribution in [2.75, 3.05) is 0 Å². The second-order valence-electron chi connectivity index (χ2n) is 5.19. The molecule has 110 valence electrons. The van der Waals surface area contributed by atoms with E-state index >= 15 is 0 Å². The van der Waals surface area contributed by atoms with E-state index in [-0.39, 0.29) is 17.5 Å². The van der Waals surface area contributed by atoms with E-state index in [0.29, 0.717) is 6.08 Å². The van der Waals surface area contributed by atoms with Crippen LogP contribution in [0.1, 0.15) is 26.3 Å². The highest BCUT2D eigenvalue weighted by Gasteiger charge is 2.29. The van der Waals surface area contributed by atoms with Crippen molar-refractivity contribution in [2.24, 2.45) is 0 Å². The summed E-state index contributed by atoms with van der Waals surface area (Å²) in [6, 6.07) is 9.19. The standard InChI is InChI=1S/C15H18F3NO/c1-11(19-13(20)9-10-15(16,17)18)14(2,3)12-7-5-4-6-8-12/h4-11H,1-3H3,(H,19,20)/b10-9+. The zero-order chi connectivity index (χ0) is 15.4. The SMILES string of the molecule is CC(NC(=O)/C=C/C(F)(F)F)C(C)(C)c1ccccc1. The van der Waals surface area contributed by atoms with Gasteiger partial charge in [0.15, 0.2) is 0 Å². The lowest BCUT2D eigenvalue weighted by Gasteiger charge is -2.32. The van der Waals surface area contributed by atoms with E-state index in [4.69, 9.17) is 0 Å². The van der Waals surface area contributed by atoms with Crippen molar-refractivity contribution in [3.05, 3.63) is 48.0 Å². The van der Waals surface area contributed by atoms with Crippen LogP contribution in [0.3, 0.4) is 0 Å². The van der Waals surface area contributed by atoms with Crippen molar-refractivity contribution in [1.82, 2.24) is 5.32 Å². The highest BCUT2D eigenvalue weighted by atomic mass is 19.4. The summed E-state index contributed by atoms with van der Waals surface area (Å²) in [5, 5.41) is 2.57. The molecular formula is C15H18F3NO. The van der Waals surface area contributed by atoms with Crippen LogP contribution in [0.15, 0.2) is 42.5 Å². The smallest absolute Gasteiger partial charge is 0.349 e. The molecular weight excluding hydrogens is 267 g/mol. The predicted octanol–water partition coefficient (Wildman–Crippen LogP) is 3.59. The van der Waals surface area contributed by atoms with Gasteiger partial charge in [-0.05, 0) is 12.5 Å². The highest BCUT2D eigenvalue weighted by Crippen LogP contribution is 2.26. The summed E-state index contributed by atoms with van der Waals surface area (Å²) >= 11 is 0. The lowest BCUT2D eigenvalue weighted by atomic mass is 9.78. The molecule has 0 aliphatic carbocycles. The number of hydrogen-bond acceptors (Lipinski definition) is 1. The summed E-state index contributed by atoms with van der Waals surface area (Å²) < 4.78 is 36.0. The van der Waals surface area contributed by atoms with E-state index in [0.717, 1.165) is 5.56 Å². The average Bonchev–Trinajstić information content (AvgIpc) is 2.36. The number of amides is 1. The Morgan fingerprint density at radius 2 is 1.75 bits per heavy atom. The van der Waals surface area contributed by atoms with Crippen LogP contribution in [-0.2, 0) is 10.2 Å². The van der Waals surface area contributed by atoms with Crippen molar-refractivity contribution >= 4 is 5.91 Å². The number of carbonyl (C=O) groups excluding carboxylic acids is 1. The predicted molar refractivity (Wildman–Crippen MR) is 72.3 cm³/mol. The molecule has 0 radical (unpaired) electrons. The molecule has 0 aliphatic rings. The summed E-state index contributed by atoms with van der Waals surface area (Å²) in [6.45, 7) is 5.63. The minimum Gasteiger partial charge on any atom is -0.349 e. The molecule has 0 heterocycles. The van der Waals surface area contributed by atoms with Crippen molar-refractivity contribution in [1.29, 1.82) is 0 Å². The van der Waals surface area contributed by atoms with Crippen LogP contribution in [0.2, 0.25) is 0 Å². The van der Waals surface area contributed by atoms with E-state index in [2.05, 4.69) is 5.32 Å². The maximum atomic E-state index is 12.0. The van der Waals surface area contributed by atoms with Gasteiger partial charge in [-0.2, -0.15) is 13.2 Å². The molecule has 2 nitrogen and oxygen atoms in total. The number of carbonyl (C=O) groups is 1. The molecule has 1 rings (SSSR count). The van der Waals surface area contributed by atoms with Gasteiger partial charge in [0.1, 0.15) is 0 Å². The van der Waals surface area contributed by atoms with E-state index < -0.39 is 12.1 Å². The Morgan fingerprint density at radius 1 is 1.20 bits per heavy atom. The minimum absolute atomic E-state index is 0.0649. The molecule has 0 fully saturated rings. The molecule has 20 heavy (non-hydrogen) atoms. The van der Waals surface area contributed by atoms with Crippen LogP contribution in [-0.4, -0.2) is 18.1 Å². The fraction of sp³-hybridized carbons (Fsp3) is 0.400. The van der Waals surface area contributed by atoms with Crippen molar-refractivity contribution in [2.45, 2.75) is 38.4 Å². The minimum atomic E-state index is -4.48. The summed E-state index contributed by atoms with van der Waals surface area (Å²) in [5.41, 5.74) is 0.621.